The summed E-state index contributed by atoms with van der Waals surface area (Å²) in [6.45, 7) is 0. The third-order valence-corrected chi connectivity index (χ3v) is 5.68. The van der Waals surface area contributed by atoms with Crippen LogP contribution in [0.2, 0.25) is 0 Å². The summed E-state index contributed by atoms with van der Waals surface area (Å²) in [4.78, 5) is 11.4. The van der Waals surface area contributed by atoms with Crippen molar-refractivity contribution in [1.29, 1.82) is 0 Å². The van der Waals surface area contributed by atoms with Gasteiger partial charge in [-0.25, -0.2) is 0 Å². The Morgan fingerprint density at radius 2 is 2.06 bits per heavy atom. The van der Waals surface area contributed by atoms with E-state index in [1.165, 1.54) is 25.7 Å². The number of amides is 1. The molecule has 0 aliphatic heterocycles. The Morgan fingerprint density at radius 1 is 1.25 bits per heavy atom. The van der Waals surface area contributed by atoms with Crippen molar-refractivity contribution in [2.75, 3.05) is 0 Å². The Morgan fingerprint density at radius 3 is 2.69 bits per heavy atom. The van der Waals surface area contributed by atoms with Crippen LogP contribution in [0.4, 0.5) is 0 Å². The van der Waals surface area contributed by atoms with Crippen molar-refractivity contribution < 1.29 is 4.79 Å². The van der Waals surface area contributed by atoms with Gasteiger partial charge in [0, 0.05) is 12.0 Å². The van der Waals surface area contributed by atoms with Gasteiger partial charge in [0.25, 0.3) is 0 Å². The molecule has 0 radical (unpaired) electrons. The lowest BCUT2D eigenvalue weighted by Gasteiger charge is -2.47. The van der Waals surface area contributed by atoms with Crippen LogP contribution in [0.1, 0.15) is 44.9 Å². The van der Waals surface area contributed by atoms with E-state index in [1.54, 1.807) is 0 Å². The maximum atomic E-state index is 11.4. The molecule has 1 unspecified atom stereocenters. The maximum Gasteiger partial charge on any atom is 0.220 e. The standard InChI is InChI=1S/C13H22N2O/c14-11-8-3-4-10(6-8)13(11)5-1-2-9(7-13)12(15)16/h8-11H,1-7,14H2,(H2,15,16)/t8?,9-,10-,11+,13+/m1/s1. The summed E-state index contributed by atoms with van der Waals surface area (Å²) in [7, 11) is 0. The number of nitrogens with two attached hydrogens (primary N) is 2. The number of rotatable bonds is 1. The molecule has 1 spiro atoms. The van der Waals surface area contributed by atoms with Gasteiger partial charge in [0.05, 0.1) is 0 Å². The van der Waals surface area contributed by atoms with Gasteiger partial charge < -0.3 is 11.5 Å². The fourth-order valence-electron chi connectivity index (χ4n) is 4.86. The van der Waals surface area contributed by atoms with E-state index in [9.17, 15) is 4.79 Å². The highest BCUT2D eigenvalue weighted by molar-refractivity contribution is 5.76. The summed E-state index contributed by atoms with van der Waals surface area (Å²) in [5, 5.41) is 0. The molecule has 0 aromatic heterocycles. The lowest BCUT2D eigenvalue weighted by atomic mass is 9.59. The molecule has 0 aromatic carbocycles. The van der Waals surface area contributed by atoms with Crippen LogP contribution >= 0.6 is 0 Å². The van der Waals surface area contributed by atoms with Crippen LogP contribution < -0.4 is 11.5 Å². The molecule has 90 valence electrons. The van der Waals surface area contributed by atoms with Gasteiger partial charge in [-0.1, -0.05) is 6.42 Å². The molecule has 2 bridgehead atoms. The minimum Gasteiger partial charge on any atom is -0.369 e. The van der Waals surface area contributed by atoms with Crippen molar-refractivity contribution in [3.05, 3.63) is 0 Å². The summed E-state index contributed by atoms with van der Waals surface area (Å²) >= 11 is 0. The molecule has 3 rings (SSSR count). The minimum absolute atomic E-state index is 0.0964. The average molecular weight is 222 g/mol. The zero-order valence-electron chi connectivity index (χ0n) is 9.82. The van der Waals surface area contributed by atoms with E-state index in [0.717, 1.165) is 31.1 Å². The molecule has 4 N–H and O–H groups in total. The van der Waals surface area contributed by atoms with E-state index in [4.69, 9.17) is 11.5 Å². The topological polar surface area (TPSA) is 69.1 Å². The highest BCUT2D eigenvalue weighted by Crippen LogP contribution is 2.61. The van der Waals surface area contributed by atoms with Crippen molar-refractivity contribution in [2.24, 2.45) is 34.6 Å². The molecule has 0 aromatic rings. The van der Waals surface area contributed by atoms with Gasteiger partial charge >= 0.3 is 0 Å². The summed E-state index contributed by atoms with van der Waals surface area (Å²) in [5.41, 5.74) is 12.2. The van der Waals surface area contributed by atoms with Crippen LogP contribution in [0.25, 0.3) is 0 Å². The number of hydrogen-bond donors (Lipinski definition) is 2. The monoisotopic (exact) mass is 222 g/mol. The summed E-state index contributed by atoms with van der Waals surface area (Å²) in [6.07, 6.45) is 8.31. The van der Waals surface area contributed by atoms with Gasteiger partial charge in [0.1, 0.15) is 0 Å². The molecule has 3 aliphatic rings. The van der Waals surface area contributed by atoms with E-state index in [2.05, 4.69) is 0 Å². The number of fused-ring (bicyclic) bond motifs is 3. The maximum absolute atomic E-state index is 11.4. The molecule has 3 nitrogen and oxygen atoms in total. The lowest BCUT2D eigenvalue weighted by Crippen LogP contribution is -2.50. The molecule has 16 heavy (non-hydrogen) atoms. The average Bonchev–Trinajstić information content (AvgIpc) is 2.84. The second-order valence-corrected chi connectivity index (χ2v) is 6.22. The predicted molar refractivity (Wildman–Crippen MR) is 62.4 cm³/mol. The van der Waals surface area contributed by atoms with Crippen molar-refractivity contribution in [2.45, 2.75) is 51.0 Å². The smallest absolute Gasteiger partial charge is 0.220 e. The Hall–Kier alpha value is -0.570. The second-order valence-electron chi connectivity index (χ2n) is 6.22. The zero-order chi connectivity index (χ0) is 11.3. The van der Waals surface area contributed by atoms with Gasteiger partial charge in [-0.3, -0.25) is 4.79 Å². The van der Waals surface area contributed by atoms with Crippen LogP contribution in [0, 0.1) is 23.2 Å². The third kappa shape index (κ3) is 1.27. The van der Waals surface area contributed by atoms with E-state index < -0.39 is 0 Å². The van der Waals surface area contributed by atoms with Crippen LogP contribution in [0.5, 0.6) is 0 Å². The lowest BCUT2D eigenvalue weighted by molar-refractivity contribution is -0.125. The van der Waals surface area contributed by atoms with Crippen molar-refractivity contribution in [3.63, 3.8) is 0 Å². The highest BCUT2D eigenvalue weighted by atomic mass is 16.1. The Labute approximate surface area is 96.9 Å². The van der Waals surface area contributed by atoms with Crippen LogP contribution in [-0.2, 0) is 4.79 Å². The molecular formula is C13H22N2O. The SMILES string of the molecule is NC(=O)[C@@H]1CCC[C@]2(C1)[C@@H]1CCC(C1)[C@@H]2N. The molecular weight excluding hydrogens is 200 g/mol. The first-order chi connectivity index (χ1) is 7.63. The first-order valence-corrected chi connectivity index (χ1v) is 6.68. The molecule has 3 aliphatic carbocycles. The fraction of sp³-hybridized carbons (Fsp3) is 0.923. The number of hydrogen-bond acceptors (Lipinski definition) is 2. The van der Waals surface area contributed by atoms with Gasteiger partial charge in [-0.15, -0.1) is 0 Å². The molecule has 5 atom stereocenters. The first kappa shape index (κ1) is 10.6. The summed E-state index contributed by atoms with van der Waals surface area (Å²) in [6, 6.07) is 0.341. The van der Waals surface area contributed by atoms with Crippen molar-refractivity contribution in [1.82, 2.24) is 0 Å². The quantitative estimate of drug-likeness (QED) is 0.704. The minimum atomic E-state index is -0.103. The van der Waals surface area contributed by atoms with Crippen LogP contribution in [-0.4, -0.2) is 11.9 Å². The van der Waals surface area contributed by atoms with E-state index in [-0.39, 0.29) is 17.2 Å². The number of primary amides is 1. The molecule has 0 saturated heterocycles. The number of carbonyl (C=O) groups excluding carboxylic acids is 1. The Bertz CT molecular complexity index is 313. The zero-order valence-corrected chi connectivity index (χ0v) is 9.82. The van der Waals surface area contributed by atoms with Crippen molar-refractivity contribution in [3.8, 4) is 0 Å². The van der Waals surface area contributed by atoms with Gasteiger partial charge in [0.15, 0.2) is 0 Å². The van der Waals surface area contributed by atoms with Crippen LogP contribution in [0.3, 0.4) is 0 Å². The number of carbonyl (C=O) groups is 1. The summed E-state index contributed by atoms with van der Waals surface area (Å²) in [5.74, 6) is 1.51. The van der Waals surface area contributed by atoms with E-state index in [1.807, 2.05) is 0 Å². The van der Waals surface area contributed by atoms with Gasteiger partial charge in [0.2, 0.25) is 5.91 Å². The fourth-order valence-corrected chi connectivity index (χ4v) is 4.86. The van der Waals surface area contributed by atoms with Gasteiger partial charge in [-0.05, 0) is 55.8 Å². The van der Waals surface area contributed by atoms with E-state index >= 15 is 0 Å². The molecule has 1 amide bonds. The molecule has 3 heteroatoms. The van der Waals surface area contributed by atoms with Gasteiger partial charge in [-0.2, -0.15) is 0 Å². The first-order valence-electron chi connectivity index (χ1n) is 6.68. The summed E-state index contributed by atoms with van der Waals surface area (Å²) < 4.78 is 0. The third-order valence-electron chi connectivity index (χ3n) is 5.68. The molecule has 3 fully saturated rings. The molecule has 0 heterocycles. The highest BCUT2D eigenvalue weighted by Gasteiger charge is 2.57. The van der Waals surface area contributed by atoms with Crippen molar-refractivity contribution >= 4 is 5.91 Å². The van der Waals surface area contributed by atoms with E-state index in [0.29, 0.717) is 6.04 Å². The second kappa shape index (κ2) is 3.46. The normalized spacial score (nSPS) is 51.1. The predicted octanol–water partition coefficient (Wildman–Crippen LogP) is 1.41. The Balaban J connectivity index is 1.85. The van der Waals surface area contributed by atoms with Crippen LogP contribution in [0.15, 0.2) is 0 Å². The molecule has 3 saturated carbocycles. The Kier molecular flexibility index (Phi) is 2.29. The largest absolute Gasteiger partial charge is 0.369 e.